The third-order valence-electron chi connectivity index (χ3n) is 11.1. The number of fused-ring (bicyclic) bond motifs is 10. The fourth-order valence-electron chi connectivity index (χ4n) is 8.48. The Hall–Kier alpha value is -6.02. The second-order valence-electron chi connectivity index (χ2n) is 15.2. The number of pyridine rings is 2. The van der Waals surface area contributed by atoms with Gasteiger partial charge in [0.05, 0.1) is 35.6 Å². The van der Waals surface area contributed by atoms with Gasteiger partial charge in [0.25, 0.3) is 5.56 Å². The highest BCUT2D eigenvalue weighted by Gasteiger charge is 2.35. The number of carbonyl (C=O) groups is 3. The van der Waals surface area contributed by atoms with Crippen molar-refractivity contribution in [2.75, 3.05) is 19.9 Å². The number of nitrogens with one attached hydrogen (secondary N) is 2. The summed E-state index contributed by atoms with van der Waals surface area (Å²) in [6.45, 7) is 8.50. The van der Waals surface area contributed by atoms with Crippen molar-refractivity contribution in [1.29, 1.82) is 0 Å². The summed E-state index contributed by atoms with van der Waals surface area (Å²) in [6.07, 6.45) is -1.45. The molecule has 4 aromatic carbocycles. The molecule has 6 aromatic rings. The van der Waals surface area contributed by atoms with E-state index in [0.717, 1.165) is 67.0 Å². The molecule has 1 aliphatic carbocycles. The number of esters is 1. The van der Waals surface area contributed by atoms with Crippen LogP contribution in [0.25, 0.3) is 44.2 Å². The van der Waals surface area contributed by atoms with Crippen LogP contribution in [0.5, 0.6) is 0 Å². The number of carbonyl (C=O) groups excluding carboxylic acids is 3. The van der Waals surface area contributed by atoms with E-state index in [-0.39, 0.29) is 69.2 Å². The Morgan fingerprint density at radius 3 is 2.33 bits per heavy atom. The number of rotatable bonds is 10. The number of cyclic esters (lactones) is 1. The Morgan fingerprint density at radius 1 is 0.917 bits per heavy atom. The number of hydrogen-bond acceptors (Lipinski definition) is 9. The molecule has 1 unspecified atom stereocenters. The third kappa shape index (κ3) is 7.76. The summed E-state index contributed by atoms with van der Waals surface area (Å²) in [5.74, 6) is -0.966. The smallest absolute Gasteiger partial charge is 0.407 e. The fourth-order valence-corrected chi connectivity index (χ4v) is 8.48. The first-order valence-electron chi connectivity index (χ1n) is 20.1. The third-order valence-corrected chi connectivity index (χ3v) is 11.1. The molecule has 12 nitrogen and oxygen atoms in total. The maximum atomic E-state index is 13.7. The lowest BCUT2D eigenvalue weighted by Crippen LogP contribution is -2.38. The maximum absolute atomic E-state index is 13.7. The molecule has 13 heteroatoms. The average Bonchev–Trinajstić information content (AvgIpc) is 3.78. The molecule has 0 bridgehead atoms. The molecule has 1 atom stereocenters. The number of aliphatic hydroxyl groups excluding tert-OH is 1. The molecule has 2 amide bonds. The van der Waals surface area contributed by atoms with Crippen LogP contribution < -0.4 is 16.2 Å². The van der Waals surface area contributed by atoms with E-state index in [1.54, 1.807) is 10.6 Å². The lowest BCUT2D eigenvalue weighted by molar-refractivity contribution is -0.157. The van der Waals surface area contributed by atoms with Crippen molar-refractivity contribution in [3.05, 3.63) is 134 Å². The Bertz CT molecular complexity index is 2670. The van der Waals surface area contributed by atoms with E-state index in [4.69, 9.17) is 19.2 Å². The van der Waals surface area contributed by atoms with E-state index in [9.17, 15) is 24.3 Å². The van der Waals surface area contributed by atoms with Crippen molar-refractivity contribution in [2.45, 2.75) is 65.9 Å². The van der Waals surface area contributed by atoms with Crippen LogP contribution in [0.4, 0.5) is 4.79 Å². The van der Waals surface area contributed by atoms with Gasteiger partial charge in [-0.15, -0.1) is 0 Å². The van der Waals surface area contributed by atoms with Crippen molar-refractivity contribution in [3.8, 4) is 22.5 Å². The number of hydrogen-bond donors (Lipinski definition) is 3. The first kappa shape index (κ1) is 42.1. The van der Waals surface area contributed by atoms with Crippen LogP contribution in [0.1, 0.15) is 78.7 Å². The van der Waals surface area contributed by atoms with Gasteiger partial charge in [0, 0.05) is 22.4 Å². The minimum Gasteiger partial charge on any atom is -0.458 e. The van der Waals surface area contributed by atoms with Crippen LogP contribution in [-0.4, -0.2) is 52.5 Å². The first-order valence-corrected chi connectivity index (χ1v) is 20.1. The van der Waals surface area contributed by atoms with Crippen LogP contribution in [0.3, 0.4) is 0 Å². The Morgan fingerprint density at radius 2 is 1.62 bits per heavy atom. The number of aliphatic hydroxyl groups is 1. The molecule has 0 fully saturated rings. The van der Waals surface area contributed by atoms with E-state index in [0.29, 0.717) is 23.9 Å². The summed E-state index contributed by atoms with van der Waals surface area (Å²) >= 11 is 0. The fraction of sp³-hybridized carbons (Fsp3) is 0.298. The van der Waals surface area contributed by atoms with Gasteiger partial charge in [0.2, 0.25) is 5.91 Å². The molecule has 2 aromatic heterocycles. The molecule has 3 N–H and O–H groups in total. The average molecular weight is 829 g/mol. The zero-order valence-electron chi connectivity index (χ0n) is 34.0. The zero-order valence-corrected chi connectivity index (χ0v) is 35.0. The second-order valence-corrected chi connectivity index (χ2v) is 15.2. The van der Waals surface area contributed by atoms with Crippen LogP contribution in [0.2, 0.25) is 0 Å². The van der Waals surface area contributed by atoms with Gasteiger partial charge in [-0.05, 0) is 74.7 Å². The van der Waals surface area contributed by atoms with Gasteiger partial charge in [-0.25, -0.2) is 14.6 Å². The van der Waals surface area contributed by atoms with Gasteiger partial charge in [-0.2, -0.15) is 13.5 Å². The molecular formula is C47H48N4O8S. The minimum absolute atomic E-state index is 0. The van der Waals surface area contributed by atoms with Crippen LogP contribution in [0.15, 0.2) is 89.7 Å². The van der Waals surface area contributed by atoms with Crippen LogP contribution >= 0.6 is 13.5 Å². The Labute approximate surface area is 354 Å². The lowest BCUT2D eigenvalue weighted by atomic mass is 9.90. The molecule has 0 saturated heterocycles. The monoisotopic (exact) mass is 828 g/mol. The Kier molecular flexibility index (Phi) is 12.4. The van der Waals surface area contributed by atoms with Gasteiger partial charge in [-0.3, -0.25) is 9.59 Å². The zero-order chi connectivity index (χ0) is 41.4. The van der Waals surface area contributed by atoms with Gasteiger partial charge in [0.15, 0.2) is 6.10 Å². The van der Waals surface area contributed by atoms with Crippen molar-refractivity contribution in [3.63, 3.8) is 0 Å². The molecule has 60 heavy (non-hydrogen) atoms. The summed E-state index contributed by atoms with van der Waals surface area (Å²) in [5, 5.41) is 18.8. The largest absolute Gasteiger partial charge is 0.458 e. The highest BCUT2D eigenvalue weighted by atomic mass is 32.1. The van der Waals surface area contributed by atoms with Crippen molar-refractivity contribution < 1.29 is 33.7 Å². The van der Waals surface area contributed by atoms with Gasteiger partial charge in [0.1, 0.15) is 26.5 Å². The number of alkyl carbamates (subject to hydrolysis) is 1. The highest BCUT2D eigenvalue weighted by molar-refractivity contribution is 7.59. The van der Waals surface area contributed by atoms with Crippen molar-refractivity contribution in [2.24, 2.45) is 5.92 Å². The topological polar surface area (TPSA) is 158 Å². The van der Waals surface area contributed by atoms with E-state index in [1.807, 2.05) is 74.5 Å². The number of aromatic nitrogens is 2. The standard InChI is InChI=1S/C45H40N4O8.C2H6.H2S/c1-24(2)15-32-34-19-49-38(17-33-36(43(49)52)22-56-44(53)42(33)51)41(34)48-37-14-13-26-12-11-25(16-31(26)40(32)37)20-55-23-47-39(50)18-46-45(54)57-21-35-29-9-5-3-7-27(29)28-8-4-6-10-30(28)35;1-2;/h3-14,16-17,24,35,42,51H,15,18-23H2,1-2H3,(H,46,54)(H,47,50);1-2H3;1H2. The van der Waals surface area contributed by atoms with Gasteiger partial charge in [-0.1, -0.05) is 94.4 Å². The molecular weight excluding hydrogens is 781 g/mol. The SMILES string of the molecule is CC.CC(C)Cc1c2c(nc3ccc4ccc(COCNC(=O)CNC(=O)OCC5c6ccccc6-c6ccccc65)cc4c13)-c1cc3c(c(=O)n1C2)COC(=O)C3O.S. The summed E-state index contributed by atoms with van der Waals surface area (Å²) in [7, 11) is 0. The van der Waals surface area contributed by atoms with Crippen LogP contribution in [0, 0.1) is 5.92 Å². The summed E-state index contributed by atoms with van der Waals surface area (Å²) in [4.78, 5) is 56.0. The summed E-state index contributed by atoms with van der Waals surface area (Å²) in [5.41, 5.74) is 9.70. The van der Waals surface area contributed by atoms with Crippen LogP contribution in [-0.2, 0) is 50.0 Å². The van der Waals surface area contributed by atoms with Crippen molar-refractivity contribution in [1.82, 2.24) is 20.2 Å². The highest BCUT2D eigenvalue weighted by Crippen LogP contribution is 2.45. The molecule has 4 heterocycles. The molecule has 9 rings (SSSR count). The number of nitrogens with zero attached hydrogens (tertiary/aromatic N) is 2. The number of amides is 2. The molecule has 0 spiro atoms. The minimum atomic E-state index is -1.52. The summed E-state index contributed by atoms with van der Waals surface area (Å²) < 4.78 is 18.1. The molecule has 0 radical (unpaired) electrons. The van der Waals surface area contributed by atoms with Gasteiger partial charge < -0.3 is 34.5 Å². The first-order chi connectivity index (χ1) is 28.7. The van der Waals surface area contributed by atoms with E-state index in [1.165, 1.54) is 0 Å². The molecule has 310 valence electrons. The maximum Gasteiger partial charge on any atom is 0.407 e. The quantitative estimate of drug-likeness (QED) is 0.0565. The molecule has 3 aliphatic rings. The number of benzene rings is 4. The normalized spacial score (nSPS) is 14.5. The van der Waals surface area contributed by atoms with E-state index in [2.05, 4.69) is 42.7 Å². The van der Waals surface area contributed by atoms with Gasteiger partial charge >= 0.3 is 12.1 Å². The second kappa shape index (κ2) is 17.7. The molecule has 2 aliphatic heterocycles. The number of ether oxygens (including phenoxy) is 3. The van der Waals surface area contributed by atoms with E-state index >= 15 is 0 Å². The van der Waals surface area contributed by atoms with E-state index < -0.39 is 24.1 Å². The lowest BCUT2D eigenvalue weighted by Gasteiger charge is -2.21. The predicted molar refractivity (Wildman–Crippen MR) is 234 cm³/mol. The Balaban J connectivity index is 0.00000179. The molecule has 0 saturated carbocycles. The van der Waals surface area contributed by atoms with Crippen molar-refractivity contribution >= 4 is 53.1 Å². The predicted octanol–water partition coefficient (Wildman–Crippen LogP) is 7.14. The summed E-state index contributed by atoms with van der Waals surface area (Å²) in [6, 6.07) is 28.0.